The number of anilines is 1. The average Bonchev–Trinajstić information content (AvgIpc) is 3.07. The third-order valence-electron chi connectivity index (χ3n) is 5.82. The number of carbonyl (C=O) groups excluding carboxylic acids is 1. The Hall–Kier alpha value is -2.66. The summed E-state index contributed by atoms with van der Waals surface area (Å²) in [5.41, 5.74) is 2.48. The molecule has 154 valence electrons. The topological polar surface area (TPSA) is 129 Å². The van der Waals surface area contributed by atoms with Crippen LogP contribution in [0.5, 0.6) is 5.88 Å². The SMILES string of the molecule is C[C@]1(CO)Cn2ncc([S@@](=N)(=O)NC(=O)Nc3c4c(c(F)c5c3CC5)CC4)c2O1. The Morgan fingerprint density at radius 1 is 1.34 bits per heavy atom. The lowest BCUT2D eigenvalue weighted by atomic mass is 9.76. The highest BCUT2D eigenvalue weighted by Crippen LogP contribution is 2.43. The second-order valence-electron chi connectivity index (χ2n) is 7.90. The van der Waals surface area contributed by atoms with Crippen molar-refractivity contribution in [2.45, 2.75) is 49.6 Å². The molecule has 1 aromatic heterocycles. The fourth-order valence-electron chi connectivity index (χ4n) is 4.06. The Kier molecular flexibility index (Phi) is 3.75. The number of hydrogen-bond acceptors (Lipinski definition) is 6. The summed E-state index contributed by atoms with van der Waals surface area (Å²) in [6, 6.07) is -0.803. The summed E-state index contributed by atoms with van der Waals surface area (Å²) in [6.45, 7) is 1.64. The minimum Gasteiger partial charge on any atom is -0.466 e. The van der Waals surface area contributed by atoms with Gasteiger partial charge in [0.25, 0.3) is 0 Å². The maximum absolute atomic E-state index is 14.3. The van der Waals surface area contributed by atoms with Crippen molar-refractivity contribution in [1.29, 1.82) is 4.78 Å². The second-order valence-corrected chi connectivity index (χ2v) is 9.65. The number of nitrogens with one attached hydrogen (secondary N) is 3. The fraction of sp³-hybridized carbons (Fsp3) is 0.444. The van der Waals surface area contributed by atoms with Crippen LogP contribution < -0.4 is 14.8 Å². The molecule has 0 saturated carbocycles. The van der Waals surface area contributed by atoms with Crippen LogP contribution in [0, 0.1) is 10.6 Å². The number of nitrogens with zero attached hydrogens (tertiary/aromatic N) is 2. The van der Waals surface area contributed by atoms with Crippen molar-refractivity contribution in [3.8, 4) is 5.88 Å². The van der Waals surface area contributed by atoms with E-state index < -0.39 is 21.5 Å². The van der Waals surface area contributed by atoms with E-state index in [1.54, 1.807) is 6.92 Å². The summed E-state index contributed by atoms with van der Waals surface area (Å²) in [5.74, 6) is -0.0703. The van der Waals surface area contributed by atoms with E-state index in [9.17, 15) is 18.5 Å². The molecular formula is C18H20FN5O4S. The summed E-state index contributed by atoms with van der Waals surface area (Å²) >= 11 is 0. The summed E-state index contributed by atoms with van der Waals surface area (Å²) in [5, 5.41) is 16.2. The first-order chi connectivity index (χ1) is 13.7. The molecule has 11 heteroatoms. The molecule has 29 heavy (non-hydrogen) atoms. The van der Waals surface area contributed by atoms with Crippen LogP contribution in [-0.2, 0) is 42.1 Å². The highest BCUT2D eigenvalue weighted by molar-refractivity contribution is 7.91. The molecule has 3 aliphatic rings. The van der Waals surface area contributed by atoms with Crippen molar-refractivity contribution in [2.24, 2.45) is 0 Å². The van der Waals surface area contributed by atoms with Crippen LogP contribution in [0.4, 0.5) is 14.9 Å². The number of urea groups is 1. The summed E-state index contributed by atoms with van der Waals surface area (Å²) < 4.78 is 44.7. The number of benzene rings is 1. The second kappa shape index (κ2) is 5.92. The molecule has 2 aliphatic carbocycles. The number of hydrogen-bond donors (Lipinski definition) is 4. The number of fused-ring (bicyclic) bond motifs is 3. The highest BCUT2D eigenvalue weighted by Gasteiger charge is 2.39. The number of aliphatic hydroxyl groups excluding tert-OH is 1. The van der Waals surface area contributed by atoms with E-state index in [4.69, 9.17) is 9.52 Å². The van der Waals surface area contributed by atoms with Gasteiger partial charge in [0.05, 0.1) is 19.3 Å². The van der Waals surface area contributed by atoms with Crippen molar-refractivity contribution in [3.05, 3.63) is 34.3 Å². The lowest BCUT2D eigenvalue weighted by molar-refractivity contribution is 0.0399. The summed E-state index contributed by atoms with van der Waals surface area (Å²) in [7, 11) is -3.76. The molecule has 0 spiro atoms. The molecule has 2 amide bonds. The van der Waals surface area contributed by atoms with E-state index in [-0.39, 0.29) is 29.7 Å². The Morgan fingerprint density at radius 3 is 2.52 bits per heavy atom. The van der Waals surface area contributed by atoms with Crippen molar-refractivity contribution in [1.82, 2.24) is 14.5 Å². The van der Waals surface area contributed by atoms with Crippen LogP contribution in [0.1, 0.15) is 29.2 Å². The van der Waals surface area contributed by atoms with Gasteiger partial charge < -0.3 is 15.2 Å². The lowest BCUT2D eigenvalue weighted by Crippen LogP contribution is -2.37. The predicted molar refractivity (Wildman–Crippen MR) is 101 cm³/mol. The molecule has 2 aromatic rings. The summed E-state index contributed by atoms with van der Waals surface area (Å²) in [4.78, 5) is 12.5. The quantitative estimate of drug-likeness (QED) is 0.595. The molecule has 0 radical (unpaired) electrons. The van der Waals surface area contributed by atoms with Crippen LogP contribution in [-0.4, -0.2) is 37.3 Å². The first kappa shape index (κ1) is 18.4. The van der Waals surface area contributed by atoms with Crippen LogP contribution in [0.3, 0.4) is 0 Å². The maximum Gasteiger partial charge on any atom is 0.331 e. The van der Waals surface area contributed by atoms with Gasteiger partial charge in [0.1, 0.15) is 10.7 Å². The number of carbonyl (C=O) groups is 1. The van der Waals surface area contributed by atoms with Gasteiger partial charge in [-0.2, -0.15) is 5.10 Å². The Morgan fingerprint density at radius 2 is 1.97 bits per heavy atom. The fourth-order valence-corrected chi connectivity index (χ4v) is 5.07. The number of aliphatic hydroxyl groups is 1. The molecule has 1 aromatic carbocycles. The van der Waals surface area contributed by atoms with Crippen LogP contribution in [0.15, 0.2) is 11.1 Å². The van der Waals surface area contributed by atoms with Crippen molar-refractivity contribution < 1.29 is 23.2 Å². The van der Waals surface area contributed by atoms with Crippen molar-refractivity contribution in [2.75, 3.05) is 11.9 Å². The maximum atomic E-state index is 14.3. The largest absolute Gasteiger partial charge is 0.466 e. The number of rotatable bonds is 4. The first-order valence-electron chi connectivity index (χ1n) is 9.30. The molecule has 0 bridgehead atoms. The Labute approximate surface area is 166 Å². The molecule has 1 aliphatic heterocycles. The van der Waals surface area contributed by atoms with Gasteiger partial charge in [-0.1, -0.05) is 0 Å². The van der Waals surface area contributed by atoms with Crippen LogP contribution in [0.2, 0.25) is 0 Å². The number of amides is 2. The smallest absolute Gasteiger partial charge is 0.331 e. The molecule has 2 heterocycles. The number of halogens is 1. The van der Waals surface area contributed by atoms with Gasteiger partial charge in [-0.25, -0.2) is 27.6 Å². The van der Waals surface area contributed by atoms with Gasteiger partial charge >= 0.3 is 6.03 Å². The van der Waals surface area contributed by atoms with E-state index in [2.05, 4.69) is 15.1 Å². The van der Waals surface area contributed by atoms with Gasteiger partial charge in [-0.15, -0.1) is 0 Å². The van der Waals surface area contributed by atoms with E-state index in [1.165, 1.54) is 10.9 Å². The van der Waals surface area contributed by atoms with Gasteiger partial charge in [-0.3, -0.25) is 0 Å². The van der Waals surface area contributed by atoms with E-state index in [0.717, 1.165) is 11.1 Å². The normalized spacial score (nSPS) is 22.9. The van der Waals surface area contributed by atoms with E-state index in [0.29, 0.717) is 42.5 Å². The Bertz CT molecular complexity index is 1140. The Balaban J connectivity index is 1.38. The third-order valence-corrected chi connectivity index (χ3v) is 7.19. The standard InChI is InChI=1S/C18H20FN5O4S/c1-18(8-25)7-24-16(28-18)13(6-21-24)29(20,27)23-17(26)22-15-11-4-2-9(11)14(19)10-3-5-12(10)15/h6,25H,2-5,7-8H2,1H3,(H3,20,22,23,26,27)/t18-,29+/m1/s1. The third kappa shape index (κ3) is 2.64. The van der Waals surface area contributed by atoms with Gasteiger partial charge in [0.2, 0.25) is 5.88 Å². The van der Waals surface area contributed by atoms with Crippen LogP contribution >= 0.6 is 0 Å². The molecule has 5 rings (SSSR count). The predicted octanol–water partition coefficient (Wildman–Crippen LogP) is 1.51. The molecule has 9 nitrogen and oxygen atoms in total. The van der Waals surface area contributed by atoms with Crippen molar-refractivity contribution >= 4 is 21.6 Å². The molecule has 2 atom stereocenters. The molecule has 4 N–H and O–H groups in total. The number of ether oxygens (including phenoxy) is 1. The lowest BCUT2D eigenvalue weighted by Gasteiger charge is -2.33. The zero-order valence-electron chi connectivity index (χ0n) is 15.7. The van der Waals surface area contributed by atoms with Gasteiger partial charge in [0.15, 0.2) is 15.5 Å². The van der Waals surface area contributed by atoms with Gasteiger partial charge in [-0.05, 0) is 54.9 Å². The van der Waals surface area contributed by atoms with E-state index >= 15 is 0 Å². The zero-order chi connectivity index (χ0) is 20.6. The van der Waals surface area contributed by atoms with Crippen molar-refractivity contribution in [3.63, 3.8) is 0 Å². The molecule has 0 unspecified atom stereocenters. The molecule has 0 fully saturated rings. The average molecular weight is 421 g/mol. The van der Waals surface area contributed by atoms with E-state index in [1.807, 2.05) is 0 Å². The van der Waals surface area contributed by atoms with Crippen LogP contribution in [0.25, 0.3) is 0 Å². The molecular weight excluding hydrogens is 401 g/mol. The molecule has 0 saturated heterocycles. The summed E-state index contributed by atoms with van der Waals surface area (Å²) in [6.07, 6.45) is 3.86. The zero-order valence-corrected chi connectivity index (χ0v) is 16.5. The first-order valence-corrected chi connectivity index (χ1v) is 10.9. The minimum absolute atomic E-state index is 0.0649. The number of aromatic nitrogens is 2. The highest BCUT2D eigenvalue weighted by atomic mass is 32.2. The monoisotopic (exact) mass is 421 g/mol. The minimum atomic E-state index is -3.76. The van der Waals surface area contributed by atoms with Gasteiger partial charge in [0, 0.05) is 5.69 Å².